The summed E-state index contributed by atoms with van der Waals surface area (Å²) in [5, 5.41) is 24.9. The van der Waals surface area contributed by atoms with E-state index in [4.69, 9.17) is 10.9 Å². The van der Waals surface area contributed by atoms with Gasteiger partial charge in [0.15, 0.2) is 10.8 Å². The number of carboxylic acids is 1. The number of nitrogens with two attached hydrogens (primary N) is 1. The maximum absolute atomic E-state index is 12.4. The van der Waals surface area contributed by atoms with Crippen LogP contribution in [-0.4, -0.2) is 98.6 Å². The molecule has 13 heteroatoms. The van der Waals surface area contributed by atoms with Crippen molar-refractivity contribution in [2.45, 2.75) is 11.4 Å². The molecule has 2 atom stereocenters. The zero-order chi connectivity index (χ0) is 19.0. The van der Waals surface area contributed by atoms with E-state index in [1.165, 1.54) is 23.2 Å². The van der Waals surface area contributed by atoms with Crippen molar-refractivity contribution in [3.8, 4) is 0 Å². The third-order valence-electron chi connectivity index (χ3n) is 3.81. The number of β-lactam (4-membered cyclic amide) rings is 1. The van der Waals surface area contributed by atoms with Crippen LogP contribution in [0.3, 0.4) is 0 Å². The molecule has 10 nitrogen and oxygen atoms in total. The van der Waals surface area contributed by atoms with E-state index in [9.17, 15) is 19.5 Å². The summed E-state index contributed by atoms with van der Waals surface area (Å²) in [4.78, 5) is 41.2. The first-order chi connectivity index (χ1) is 12.4. The van der Waals surface area contributed by atoms with Gasteiger partial charge in [-0.3, -0.25) is 14.5 Å². The van der Waals surface area contributed by atoms with Crippen LogP contribution in [0.5, 0.6) is 0 Å². The number of aromatic nitrogens is 1. The van der Waals surface area contributed by atoms with Gasteiger partial charge in [-0.15, -0.1) is 23.1 Å². The zero-order valence-corrected chi connectivity index (χ0v) is 14.7. The van der Waals surface area contributed by atoms with Crippen LogP contribution in [0.2, 0.25) is 0 Å². The van der Waals surface area contributed by atoms with Crippen molar-refractivity contribution in [3.05, 3.63) is 35.0 Å². The van der Waals surface area contributed by atoms with E-state index >= 15 is 0 Å². The number of carbonyl (C=O) groups excluding carboxylic acids is 2. The Morgan fingerprint density at radius 2 is 2.22 bits per heavy atom. The van der Waals surface area contributed by atoms with E-state index in [-0.39, 0.29) is 60.0 Å². The second kappa shape index (κ2) is 8.61. The number of fused-ring (bicyclic) bond motifs is 1. The van der Waals surface area contributed by atoms with Gasteiger partial charge in [-0.2, -0.15) is 0 Å². The minimum absolute atomic E-state index is 0. The summed E-state index contributed by atoms with van der Waals surface area (Å²) >= 11 is 2.37. The summed E-state index contributed by atoms with van der Waals surface area (Å²) in [5.74, 6) is -2.27. The van der Waals surface area contributed by atoms with Crippen LogP contribution < -0.4 is 11.1 Å². The molecule has 0 saturated carbocycles. The molecule has 5 N–H and O–H groups in total. The fourth-order valence-electron chi connectivity index (χ4n) is 2.62. The number of carbonyl (C=O) groups is 3. The Kier molecular flexibility index (Phi) is 6.92. The first-order valence-electron chi connectivity index (χ1n) is 7.16. The average Bonchev–Trinajstić information content (AvgIpc) is 3.04. The topological polar surface area (TPSA) is 158 Å². The molecule has 2 amide bonds. The normalized spacial score (nSPS) is 21.7. The standard InChI is InChI=1S/C14H13N5O5S2.Ca.2H/c1-2-5-3-25-12-8(11(21)19(12)9(5)13(22)23)17-10(20)7(18-24)6-4-26-14(15)16-6;;;/h2,4,8,12,24H,1,3H2,(H2,15,16)(H,17,20)(H,22,23);;;/b18-7-;;;/t8-,12-;;;/m1.../s1. The Morgan fingerprint density at radius 1 is 1.52 bits per heavy atom. The van der Waals surface area contributed by atoms with Crippen molar-refractivity contribution in [1.29, 1.82) is 0 Å². The molecule has 140 valence electrons. The number of aliphatic carboxylic acids is 1. The molecule has 1 aromatic rings. The van der Waals surface area contributed by atoms with Crippen LogP contribution in [0.25, 0.3) is 0 Å². The monoisotopic (exact) mass is 437 g/mol. The molecule has 0 radical (unpaired) electrons. The van der Waals surface area contributed by atoms with Crippen LogP contribution in [0.1, 0.15) is 5.69 Å². The third-order valence-corrected chi connectivity index (χ3v) is 5.79. The molecule has 1 saturated heterocycles. The molecule has 0 bridgehead atoms. The van der Waals surface area contributed by atoms with Gasteiger partial charge < -0.3 is 21.4 Å². The second-order valence-corrected chi connectivity index (χ2v) is 7.26. The molecular formula is C14H15CaN5O5S2. The number of thioether (sulfide) groups is 1. The summed E-state index contributed by atoms with van der Waals surface area (Å²) in [7, 11) is 0. The zero-order valence-electron chi connectivity index (χ0n) is 13.1. The number of amides is 2. The van der Waals surface area contributed by atoms with Gasteiger partial charge in [0.1, 0.15) is 22.8 Å². The number of carboxylic acid groups (broad SMARTS) is 1. The number of anilines is 1. The van der Waals surface area contributed by atoms with Gasteiger partial charge in [-0.1, -0.05) is 17.8 Å². The van der Waals surface area contributed by atoms with Gasteiger partial charge in [-0.05, 0) is 5.57 Å². The molecule has 1 fully saturated rings. The molecule has 0 aliphatic carbocycles. The van der Waals surface area contributed by atoms with E-state index in [2.05, 4.69) is 22.0 Å². The predicted octanol–water partition coefficient (Wildman–Crippen LogP) is -1.09. The van der Waals surface area contributed by atoms with Gasteiger partial charge in [0, 0.05) is 11.1 Å². The van der Waals surface area contributed by atoms with Crippen molar-refractivity contribution in [2.75, 3.05) is 11.5 Å². The minimum atomic E-state index is -1.24. The molecule has 0 unspecified atom stereocenters. The number of nitrogens with zero attached hydrogens (tertiary/aromatic N) is 3. The first-order valence-corrected chi connectivity index (χ1v) is 9.09. The van der Waals surface area contributed by atoms with Crippen molar-refractivity contribution in [2.24, 2.45) is 5.16 Å². The summed E-state index contributed by atoms with van der Waals surface area (Å²) in [6.07, 6.45) is 1.40. The fraction of sp³-hybridized carbons (Fsp3) is 0.214. The predicted molar refractivity (Wildman–Crippen MR) is 103 cm³/mol. The van der Waals surface area contributed by atoms with Crippen LogP contribution in [-0.2, 0) is 14.4 Å². The van der Waals surface area contributed by atoms with Gasteiger partial charge in [0.25, 0.3) is 11.8 Å². The number of allylic oxidation sites excluding steroid dienone is 1. The summed E-state index contributed by atoms with van der Waals surface area (Å²) in [5.41, 5.74) is 5.49. The number of oxime groups is 1. The first kappa shape index (κ1) is 21.7. The number of thiazole rings is 1. The molecular weight excluding hydrogens is 422 g/mol. The molecule has 0 spiro atoms. The van der Waals surface area contributed by atoms with E-state index < -0.39 is 29.2 Å². The Balaban J connectivity index is 0.00000261. The van der Waals surface area contributed by atoms with Crippen LogP contribution in [0.15, 0.2) is 34.5 Å². The maximum atomic E-state index is 12.4. The molecule has 2 aliphatic rings. The number of nitrogen functional groups attached to an aromatic ring is 1. The molecule has 1 aromatic heterocycles. The molecule has 2 aliphatic heterocycles. The quantitative estimate of drug-likeness (QED) is 0.149. The van der Waals surface area contributed by atoms with Gasteiger partial charge in [0.05, 0.1) is 0 Å². The van der Waals surface area contributed by atoms with E-state index in [0.717, 1.165) is 16.2 Å². The number of hydrogen-bond acceptors (Lipinski definition) is 9. The number of nitrogens with one attached hydrogen (secondary N) is 1. The summed E-state index contributed by atoms with van der Waals surface area (Å²) < 4.78 is 0. The van der Waals surface area contributed by atoms with Crippen molar-refractivity contribution >= 4 is 89.5 Å². The molecule has 3 heterocycles. The van der Waals surface area contributed by atoms with Crippen molar-refractivity contribution < 1.29 is 24.7 Å². The van der Waals surface area contributed by atoms with Gasteiger partial charge in [-0.25, -0.2) is 9.78 Å². The van der Waals surface area contributed by atoms with Crippen LogP contribution in [0.4, 0.5) is 5.13 Å². The second-order valence-electron chi connectivity index (χ2n) is 5.26. The molecule has 3 rings (SSSR count). The SMILES string of the molecule is C=CC1=C(C(=O)O)N2C(=O)[C@@H](NC(=O)/C(=N\O)c3csc(N)n3)[C@H]2SC1.[CaH2]. The fourth-order valence-corrected chi connectivity index (χ4v) is 4.51. The van der Waals surface area contributed by atoms with E-state index in [1.54, 1.807) is 0 Å². The average molecular weight is 438 g/mol. The molecule has 27 heavy (non-hydrogen) atoms. The summed E-state index contributed by atoms with van der Waals surface area (Å²) in [6, 6.07) is -0.944. The van der Waals surface area contributed by atoms with Gasteiger partial charge in [0.2, 0.25) is 0 Å². The Hall–Kier alpha value is -1.60. The molecule has 0 aromatic carbocycles. The Morgan fingerprint density at radius 3 is 2.74 bits per heavy atom. The van der Waals surface area contributed by atoms with Crippen LogP contribution >= 0.6 is 23.1 Å². The Bertz CT molecular complexity index is 883. The van der Waals surface area contributed by atoms with Gasteiger partial charge >= 0.3 is 43.7 Å². The third kappa shape index (κ3) is 3.85. The Labute approximate surface area is 191 Å². The number of hydrogen-bond donors (Lipinski definition) is 4. The van der Waals surface area contributed by atoms with E-state index in [0.29, 0.717) is 11.3 Å². The van der Waals surface area contributed by atoms with Crippen molar-refractivity contribution in [1.82, 2.24) is 15.2 Å². The summed E-state index contributed by atoms with van der Waals surface area (Å²) in [6.45, 7) is 3.56. The van der Waals surface area contributed by atoms with E-state index in [1.807, 2.05) is 0 Å². The van der Waals surface area contributed by atoms with Crippen LogP contribution in [0, 0.1) is 0 Å². The number of rotatable bonds is 5. The van der Waals surface area contributed by atoms with Crippen molar-refractivity contribution in [3.63, 3.8) is 0 Å².